The van der Waals surface area contributed by atoms with Gasteiger partial charge in [-0.05, 0) is 37.5 Å². The highest BCUT2D eigenvalue weighted by Crippen LogP contribution is 2.32. The number of rotatable bonds is 3. The van der Waals surface area contributed by atoms with Gasteiger partial charge in [-0.25, -0.2) is 0 Å². The fourth-order valence-corrected chi connectivity index (χ4v) is 2.23. The SMILES string of the molecule is CC[C@@H](C)[C@H]1CC[C@@H](OC)CC1. The summed E-state index contributed by atoms with van der Waals surface area (Å²) in [5.41, 5.74) is 0. The smallest absolute Gasteiger partial charge is 0.0571 e. The first kappa shape index (κ1) is 10.0. The summed E-state index contributed by atoms with van der Waals surface area (Å²) < 4.78 is 5.35. The van der Waals surface area contributed by atoms with Crippen molar-refractivity contribution in [2.45, 2.75) is 52.1 Å². The molecule has 0 aliphatic heterocycles. The van der Waals surface area contributed by atoms with E-state index in [1.54, 1.807) is 0 Å². The zero-order chi connectivity index (χ0) is 8.97. The lowest BCUT2D eigenvalue weighted by molar-refractivity contribution is 0.0476. The molecule has 1 fully saturated rings. The molecule has 0 bridgehead atoms. The lowest BCUT2D eigenvalue weighted by atomic mass is 9.79. The van der Waals surface area contributed by atoms with Gasteiger partial charge in [0.05, 0.1) is 6.10 Å². The van der Waals surface area contributed by atoms with E-state index >= 15 is 0 Å². The lowest BCUT2D eigenvalue weighted by Gasteiger charge is -2.31. The molecule has 1 aliphatic rings. The summed E-state index contributed by atoms with van der Waals surface area (Å²) in [5.74, 6) is 1.89. The minimum Gasteiger partial charge on any atom is -0.381 e. The van der Waals surface area contributed by atoms with E-state index in [1.165, 1.54) is 32.1 Å². The minimum atomic E-state index is 0.560. The molecular weight excluding hydrogens is 148 g/mol. The topological polar surface area (TPSA) is 9.23 Å². The summed E-state index contributed by atoms with van der Waals surface area (Å²) in [7, 11) is 1.84. The molecule has 0 aromatic rings. The van der Waals surface area contributed by atoms with E-state index in [4.69, 9.17) is 4.74 Å². The first-order valence-corrected chi connectivity index (χ1v) is 5.30. The van der Waals surface area contributed by atoms with Crippen LogP contribution in [0, 0.1) is 11.8 Å². The second kappa shape index (κ2) is 4.86. The molecule has 0 amide bonds. The summed E-state index contributed by atoms with van der Waals surface area (Å²) in [6, 6.07) is 0. The Morgan fingerprint density at radius 2 is 1.83 bits per heavy atom. The minimum absolute atomic E-state index is 0.560. The molecule has 1 aliphatic carbocycles. The van der Waals surface area contributed by atoms with Crippen molar-refractivity contribution in [1.82, 2.24) is 0 Å². The van der Waals surface area contributed by atoms with Crippen molar-refractivity contribution in [2.75, 3.05) is 7.11 Å². The number of methoxy groups -OCH3 is 1. The van der Waals surface area contributed by atoms with Crippen LogP contribution in [-0.2, 0) is 4.74 Å². The van der Waals surface area contributed by atoms with E-state index in [-0.39, 0.29) is 0 Å². The molecule has 0 aromatic heterocycles. The first-order valence-electron chi connectivity index (χ1n) is 5.30. The van der Waals surface area contributed by atoms with Gasteiger partial charge in [0, 0.05) is 7.11 Å². The van der Waals surface area contributed by atoms with Crippen molar-refractivity contribution < 1.29 is 4.74 Å². The molecule has 1 rings (SSSR count). The Balaban J connectivity index is 2.25. The molecule has 0 unspecified atom stereocenters. The number of ether oxygens (including phenoxy) is 1. The molecule has 12 heavy (non-hydrogen) atoms. The van der Waals surface area contributed by atoms with Gasteiger partial charge in [0.25, 0.3) is 0 Å². The highest BCUT2D eigenvalue weighted by molar-refractivity contribution is 4.75. The Labute approximate surface area is 76.5 Å². The maximum absolute atomic E-state index is 5.35. The molecule has 0 heterocycles. The molecular formula is C11H22O. The predicted octanol–water partition coefficient (Wildman–Crippen LogP) is 3.24. The van der Waals surface area contributed by atoms with Crippen LogP contribution in [0.1, 0.15) is 46.0 Å². The fraction of sp³-hybridized carbons (Fsp3) is 1.00. The Morgan fingerprint density at radius 3 is 2.25 bits per heavy atom. The van der Waals surface area contributed by atoms with Crippen LogP contribution >= 0.6 is 0 Å². The zero-order valence-electron chi connectivity index (χ0n) is 8.68. The second-order valence-electron chi connectivity index (χ2n) is 4.16. The molecule has 72 valence electrons. The summed E-state index contributed by atoms with van der Waals surface area (Å²) >= 11 is 0. The zero-order valence-corrected chi connectivity index (χ0v) is 8.68. The van der Waals surface area contributed by atoms with E-state index < -0.39 is 0 Å². The van der Waals surface area contributed by atoms with Crippen LogP contribution in [0.3, 0.4) is 0 Å². The standard InChI is InChI=1S/C11H22O/c1-4-9(2)10-5-7-11(12-3)8-6-10/h9-11H,4-8H2,1-3H3/t9-,10-,11+/m1/s1. The molecule has 0 aromatic carbocycles. The second-order valence-corrected chi connectivity index (χ2v) is 4.16. The van der Waals surface area contributed by atoms with Gasteiger partial charge in [0.15, 0.2) is 0 Å². The van der Waals surface area contributed by atoms with Gasteiger partial charge in [-0.15, -0.1) is 0 Å². The molecule has 1 heteroatoms. The molecule has 1 saturated carbocycles. The van der Waals surface area contributed by atoms with E-state index in [2.05, 4.69) is 13.8 Å². The molecule has 1 atom stereocenters. The van der Waals surface area contributed by atoms with Crippen LogP contribution in [0.15, 0.2) is 0 Å². The maximum atomic E-state index is 5.35. The van der Waals surface area contributed by atoms with Gasteiger partial charge in [0.1, 0.15) is 0 Å². The molecule has 0 saturated heterocycles. The Hall–Kier alpha value is -0.0400. The van der Waals surface area contributed by atoms with Crippen LogP contribution < -0.4 is 0 Å². The Morgan fingerprint density at radius 1 is 1.25 bits per heavy atom. The largest absolute Gasteiger partial charge is 0.381 e. The monoisotopic (exact) mass is 170 g/mol. The van der Waals surface area contributed by atoms with Crippen molar-refractivity contribution in [3.63, 3.8) is 0 Å². The van der Waals surface area contributed by atoms with Gasteiger partial charge in [-0.1, -0.05) is 20.3 Å². The van der Waals surface area contributed by atoms with Gasteiger partial charge >= 0.3 is 0 Å². The number of hydrogen-bond donors (Lipinski definition) is 0. The average molecular weight is 170 g/mol. The van der Waals surface area contributed by atoms with Crippen LogP contribution in [0.4, 0.5) is 0 Å². The van der Waals surface area contributed by atoms with Gasteiger partial charge < -0.3 is 4.74 Å². The average Bonchev–Trinajstić information content (AvgIpc) is 2.17. The maximum Gasteiger partial charge on any atom is 0.0571 e. The molecule has 0 radical (unpaired) electrons. The van der Waals surface area contributed by atoms with Gasteiger partial charge in [-0.2, -0.15) is 0 Å². The van der Waals surface area contributed by atoms with Gasteiger partial charge in [0.2, 0.25) is 0 Å². The van der Waals surface area contributed by atoms with Crippen LogP contribution in [0.5, 0.6) is 0 Å². The molecule has 0 spiro atoms. The third-order valence-corrected chi connectivity index (χ3v) is 3.50. The van der Waals surface area contributed by atoms with Crippen LogP contribution in [-0.4, -0.2) is 13.2 Å². The third kappa shape index (κ3) is 2.48. The third-order valence-electron chi connectivity index (χ3n) is 3.50. The fourth-order valence-electron chi connectivity index (χ4n) is 2.23. The normalized spacial score (nSPS) is 33.2. The summed E-state index contributed by atoms with van der Waals surface area (Å²) in [6.07, 6.45) is 7.23. The lowest BCUT2D eigenvalue weighted by Crippen LogP contribution is -2.23. The number of hydrogen-bond acceptors (Lipinski definition) is 1. The summed E-state index contributed by atoms with van der Waals surface area (Å²) in [6.45, 7) is 4.69. The summed E-state index contributed by atoms with van der Waals surface area (Å²) in [4.78, 5) is 0. The molecule has 1 nitrogen and oxygen atoms in total. The Kier molecular flexibility index (Phi) is 4.07. The molecule has 0 N–H and O–H groups in total. The van der Waals surface area contributed by atoms with E-state index in [0.717, 1.165) is 11.8 Å². The van der Waals surface area contributed by atoms with E-state index in [9.17, 15) is 0 Å². The quantitative estimate of drug-likeness (QED) is 0.632. The highest BCUT2D eigenvalue weighted by Gasteiger charge is 2.23. The Bertz CT molecular complexity index is 114. The van der Waals surface area contributed by atoms with E-state index in [1.807, 2.05) is 7.11 Å². The highest BCUT2D eigenvalue weighted by atomic mass is 16.5. The van der Waals surface area contributed by atoms with Crippen molar-refractivity contribution in [3.8, 4) is 0 Å². The van der Waals surface area contributed by atoms with Gasteiger partial charge in [-0.3, -0.25) is 0 Å². The van der Waals surface area contributed by atoms with Crippen molar-refractivity contribution in [1.29, 1.82) is 0 Å². The summed E-state index contributed by atoms with van der Waals surface area (Å²) in [5, 5.41) is 0. The first-order chi connectivity index (χ1) is 5.77. The predicted molar refractivity (Wildman–Crippen MR) is 52.2 cm³/mol. The van der Waals surface area contributed by atoms with Crippen molar-refractivity contribution in [2.24, 2.45) is 11.8 Å². The van der Waals surface area contributed by atoms with Crippen LogP contribution in [0.25, 0.3) is 0 Å². The van der Waals surface area contributed by atoms with Crippen molar-refractivity contribution in [3.05, 3.63) is 0 Å². The van der Waals surface area contributed by atoms with Crippen molar-refractivity contribution >= 4 is 0 Å². The van der Waals surface area contributed by atoms with Crippen LogP contribution in [0.2, 0.25) is 0 Å². The van der Waals surface area contributed by atoms with E-state index in [0.29, 0.717) is 6.10 Å².